The van der Waals surface area contributed by atoms with E-state index in [0.717, 1.165) is 5.69 Å². The second-order valence-electron chi connectivity index (χ2n) is 5.42. The SMILES string of the molecule is Cc1ccc(Sc2cc(C)c(-c3csc(N)n3)c(C)c2)cc1. The molecule has 2 nitrogen and oxygen atoms in total. The van der Waals surface area contributed by atoms with E-state index in [4.69, 9.17) is 5.73 Å². The van der Waals surface area contributed by atoms with E-state index >= 15 is 0 Å². The molecule has 22 heavy (non-hydrogen) atoms. The molecule has 0 fully saturated rings. The van der Waals surface area contributed by atoms with Crippen molar-refractivity contribution in [2.24, 2.45) is 0 Å². The summed E-state index contributed by atoms with van der Waals surface area (Å²) in [5.41, 5.74) is 11.7. The van der Waals surface area contributed by atoms with E-state index in [2.05, 4.69) is 62.2 Å². The van der Waals surface area contributed by atoms with Gasteiger partial charge in [0.1, 0.15) is 0 Å². The zero-order valence-electron chi connectivity index (χ0n) is 12.9. The van der Waals surface area contributed by atoms with Gasteiger partial charge in [-0.25, -0.2) is 4.98 Å². The van der Waals surface area contributed by atoms with Gasteiger partial charge in [-0.2, -0.15) is 0 Å². The van der Waals surface area contributed by atoms with Crippen LogP contribution in [0.3, 0.4) is 0 Å². The van der Waals surface area contributed by atoms with E-state index in [9.17, 15) is 0 Å². The van der Waals surface area contributed by atoms with Gasteiger partial charge in [-0.1, -0.05) is 29.5 Å². The molecule has 3 rings (SSSR count). The van der Waals surface area contributed by atoms with E-state index in [1.54, 1.807) is 11.8 Å². The number of anilines is 1. The van der Waals surface area contributed by atoms with Crippen LogP contribution in [0.25, 0.3) is 11.3 Å². The van der Waals surface area contributed by atoms with Gasteiger partial charge in [-0.3, -0.25) is 0 Å². The van der Waals surface area contributed by atoms with Gasteiger partial charge < -0.3 is 5.73 Å². The minimum Gasteiger partial charge on any atom is -0.375 e. The summed E-state index contributed by atoms with van der Waals surface area (Å²) in [6.45, 7) is 6.38. The van der Waals surface area contributed by atoms with Crippen LogP contribution in [0.4, 0.5) is 5.13 Å². The molecule has 1 heterocycles. The van der Waals surface area contributed by atoms with Crippen LogP contribution in [-0.4, -0.2) is 4.98 Å². The van der Waals surface area contributed by atoms with Crippen LogP contribution in [0, 0.1) is 20.8 Å². The standard InChI is InChI=1S/C18H18N2S2/c1-11-4-6-14(7-5-11)22-15-8-12(2)17(13(3)9-15)16-10-21-18(19)20-16/h4-10H,1-3H3,(H2,19,20). The highest BCUT2D eigenvalue weighted by Crippen LogP contribution is 2.35. The van der Waals surface area contributed by atoms with Crippen molar-refractivity contribution < 1.29 is 0 Å². The molecule has 4 heteroatoms. The summed E-state index contributed by atoms with van der Waals surface area (Å²) < 4.78 is 0. The van der Waals surface area contributed by atoms with Gasteiger partial charge in [-0.05, 0) is 56.2 Å². The summed E-state index contributed by atoms with van der Waals surface area (Å²) in [4.78, 5) is 6.93. The van der Waals surface area contributed by atoms with Crippen LogP contribution in [0.5, 0.6) is 0 Å². The van der Waals surface area contributed by atoms with E-state index in [1.807, 2.05) is 5.38 Å². The normalized spacial score (nSPS) is 10.9. The Morgan fingerprint density at radius 2 is 1.59 bits per heavy atom. The third-order valence-electron chi connectivity index (χ3n) is 3.54. The first-order chi connectivity index (χ1) is 10.5. The van der Waals surface area contributed by atoms with Crippen molar-refractivity contribution >= 4 is 28.2 Å². The predicted molar refractivity (Wildman–Crippen MR) is 96.7 cm³/mol. The summed E-state index contributed by atoms with van der Waals surface area (Å²) in [6, 6.07) is 13.1. The third kappa shape index (κ3) is 3.18. The number of thiazole rings is 1. The van der Waals surface area contributed by atoms with Crippen molar-refractivity contribution in [1.29, 1.82) is 0 Å². The molecular weight excluding hydrogens is 308 g/mol. The lowest BCUT2D eigenvalue weighted by molar-refractivity contribution is 1.26. The molecular formula is C18H18N2S2. The van der Waals surface area contributed by atoms with Crippen LogP contribution >= 0.6 is 23.1 Å². The van der Waals surface area contributed by atoms with Gasteiger partial charge in [0.2, 0.25) is 0 Å². The molecule has 0 radical (unpaired) electrons. The van der Waals surface area contributed by atoms with Crippen LogP contribution in [0.1, 0.15) is 16.7 Å². The fraction of sp³-hybridized carbons (Fsp3) is 0.167. The van der Waals surface area contributed by atoms with E-state index in [0.29, 0.717) is 5.13 Å². The van der Waals surface area contributed by atoms with Crippen molar-refractivity contribution in [2.75, 3.05) is 5.73 Å². The lowest BCUT2D eigenvalue weighted by Gasteiger charge is -2.11. The quantitative estimate of drug-likeness (QED) is 0.693. The average Bonchev–Trinajstić information content (AvgIpc) is 2.87. The molecule has 0 unspecified atom stereocenters. The van der Waals surface area contributed by atoms with Gasteiger partial charge in [0.25, 0.3) is 0 Å². The topological polar surface area (TPSA) is 38.9 Å². The van der Waals surface area contributed by atoms with Gasteiger partial charge in [0, 0.05) is 20.7 Å². The van der Waals surface area contributed by atoms with Crippen molar-refractivity contribution in [3.63, 3.8) is 0 Å². The molecule has 112 valence electrons. The van der Waals surface area contributed by atoms with Crippen LogP contribution < -0.4 is 5.73 Å². The maximum Gasteiger partial charge on any atom is 0.180 e. The van der Waals surface area contributed by atoms with E-state index < -0.39 is 0 Å². The molecule has 0 bridgehead atoms. The summed E-state index contributed by atoms with van der Waals surface area (Å²) in [5, 5.41) is 2.64. The minimum atomic E-state index is 0.618. The van der Waals surface area contributed by atoms with Crippen LogP contribution in [0.2, 0.25) is 0 Å². The molecule has 0 aliphatic heterocycles. The monoisotopic (exact) mass is 326 g/mol. The highest BCUT2D eigenvalue weighted by Gasteiger charge is 2.11. The fourth-order valence-corrected chi connectivity index (χ4v) is 4.10. The molecule has 0 saturated heterocycles. The Bertz CT molecular complexity index is 781. The van der Waals surface area contributed by atoms with Crippen molar-refractivity contribution in [3.8, 4) is 11.3 Å². The summed E-state index contributed by atoms with van der Waals surface area (Å²) >= 11 is 3.28. The minimum absolute atomic E-state index is 0.618. The third-order valence-corrected chi connectivity index (χ3v) is 5.19. The highest BCUT2D eigenvalue weighted by molar-refractivity contribution is 7.99. The number of nitrogens with two attached hydrogens (primary N) is 1. The van der Waals surface area contributed by atoms with Crippen LogP contribution in [0.15, 0.2) is 51.6 Å². The second kappa shape index (κ2) is 6.15. The first-order valence-corrected chi connectivity index (χ1v) is 8.79. The van der Waals surface area contributed by atoms with Gasteiger partial charge in [-0.15, -0.1) is 11.3 Å². The Morgan fingerprint density at radius 3 is 2.14 bits per heavy atom. The summed E-state index contributed by atoms with van der Waals surface area (Å²) in [7, 11) is 0. The Balaban J connectivity index is 1.93. The Morgan fingerprint density at radius 1 is 0.955 bits per heavy atom. The molecule has 1 aromatic heterocycles. The smallest absolute Gasteiger partial charge is 0.180 e. The van der Waals surface area contributed by atoms with Crippen molar-refractivity contribution in [2.45, 2.75) is 30.6 Å². The molecule has 2 aromatic carbocycles. The molecule has 0 saturated carbocycles. The lowest BCUT2D eigenvalue weighted by atomic mass is 10.0. The van der Waals surface area contributed by atoms with Crippen molar-refractivity contribution in [3.05, 3.63) is 58.5 Å². The van der Waals surface area contributed by atoms with Gasteiger partial charge in [0.15, 0.2) is 5.13 Å². The number of rotatable bonds is 3. The zero-order chi connectivity index (χ0) is 15.7. The fourth-order valence-electron chi connectivity index (χ4n) is 2.53. The first kappa shape index (κ1) is 15.1. The maximum absolute atomic E-state index is 5.76. The van der Waals surface area contributed by atoms with Gasteiger partial charge >= 0.3 is 0 Å². The predicted octanol–water partition coefficient (Wildman–Crippen LogP) is 5.47. The number of hydrogen-bond acceptors (Lipinski definition) is 4. The van der Waals surface area contributed by atoms with Crippen molar-refractivity contribution in [1.82, 2.24) is 4.98 Å². The molecule has 0 atom stereocenters. The molecule has 0 aliphatic carbocycles. The zero-order valence-corrected chi connectivity index (χ0v) is 14.5. The number of benzene rings is 2. The summed E-state index contributed by atoms with van der Waals surface area (Å²) in [6.07, 6.45) is 0. The Hall–Kier alpha value is -1.78. The largest absolute Gasteiger partial charge is 0.375 e. The molecule has 0 spiro atoms. The van der Waals surface area contributed by atoms with Gasteiger partial charge in [0.05, 0.1) is 5.69 Å². The molecule has 3 aromatic rings. The van der Waals surface area contributed by atoms with Crippen LogP contribution in [-0.2, 0) is 0 Å². The Kier molecular flexibility index (Phi) is 4.23. The summed E-state index contributed by atoms with van der Waals surface area (Å²) in [5.74, 6) is 0. The maximum atomic E-state index is 5.76. The highest BCUT2D eigenvalue weighted by atomic mass is 32.2. The number of hydrogen-bond donors (Lipinski definition) is 1. The number of nitrogens with zero attached hydrogens (tertiary/aromatic N) is 1. The average molecular weight is 326 g/mol. The lowest BCUT2D eigenvalue weighted by Crippen LogP contribution is -1.91. The number of nitrogen functional groups attached to an aromatic ring is 1. The van der Waals surface area contributed by atoms with E-state index in [-0.39, 0.29) is 0 Å². The number of aryl methyl sites for hydroxylation is 3. The molecule has 0 amide bonds. The molecule has 2 N–H and O–H groups in total. The van der Waals surface area contributed by atoms with E-state index in [1.165, 1.54) is 43.4 Å². The second-order valence-corrected chi connectivity index (χ2v) is 7.45. The Labute approximate surface area is 139 Å². The molecule has 0 aliphatic rings. The number of aromatic nitrogens is 1. The first-order valence-electron chi connectivity index (χ1n) is 7.10.